The zero-order valence-electron chi connectivity index (χ0n) is 31.1. The molecule has 0 unspecified atom stereocenters. The summed E-state index contributed by atoms with van der Waals surface area (Å²) in [6, 6.07) is 77.4. The van der Waals surface area contributed by atoms with E-state index >= 15 is 0 Å². The van der Waals surface area contributed by atoms with Crippen LogP contribution in [0.15, 0.2) is 217 Å². The third kappa shape index (κ3) is 4.53. The van der Waals surface area contributed by atoms with E-state index in [1.165, 1.54) is 66.8 Å². The maximum absolute atomic E-state index is 6.51. The molecule has 1 heterocycles. The second-order valence-corrected chi connectivity index (χ2v) is 15.2. The molecule has 10 aromatic rings. The zero-order valence-corrected chi connectivity index (χ0v) is 31.1. The minimum Gasteiger partial charge on any atom is -0.456 e. The molecule has 2 heteroatoms. The summed E-state index contributed by atoms with van der Waals surface area (Å²) in [5.41, 5.74) is 19.8. The van der Waals surface area contributed by atoms with Crippen LogP contribution in [-0.2, 0) is 5.41 Å². The predicted molar refractivity (Wildman–Crippen MR) is 236 cm³/mol. The van der Waals surface area contributed by atoms with Crippen LogP contribution in [0.3, 0.4) is 0 Å². The Balaban J connectivity index is 1.10. The third-order valence-corrected chi connectivity index (χ3v) is 12.3. The van der Waals surface area contributed by atoms with Crippen molar-refractivity contribution in [1.82, 2.24) is 0 Å². The molecule has 0 saturated heterocycles. The summed E-state index contributed by atoms with van der Waals surface area (Å²) in [5.74, 6) is 0. The molecule has 2 nitrogen and oxygen atoms in total. The normalized spacial score (nSPS) is 13.1. The molecule has 2 aliphatic carbocycles. The van der Waals surface area contributed by atoms with Crippen LogP contribution in [0.25, 0.3) is 66.4 Å². The summed E-state index contributed by atoms with van der Waals surface area (Å²) < 4.78 is 6.51. The summed E-state index contributed by atoms with van der Waals surface area (Å²) in [7, 11) is 0. The molecule has 2 aliphatic rings. The van der Waals surface area contributed by atoms with Gasteiger partial charge in [-0.15, -0.1) is 0 Å². The molecule has 1 aromatic heterocycles. The lowest BCUT2D eigenvalue weighted by molar-refractivity contribution is 0.669. The standard InChI is InChI=1S/C55H35NO/c1-2-14-36(15-3-1)37-28-30-38(31-29-37)39-32-34-40(35-33-39)56(50-25-13-27-52-54(50)44-19-7-11-26-51(44)57-52)49-24-12-23-48-53(49)43-18-6-10-22-47(43)55(48)45-20-8-4-16-41(45)42-17-5-9-21-46(42)55/h1-35H. The van der Waals surface area contributed by atoms with Gasteiger partial charge in [0.1, 0.15) is 11.2 Å². The van der Waals surface area contributed by atoms with Crippen LogP contribution >= 0.6 is 0 Å². The number of hydrogen-bond acceptors (Lipinski definition) is 2. The highest BCUT2D eigenvalue weighted by atomic mass is 16.3. The summed E-state index contributed by atoms with van der Waals surface area (Å²) in [5, 5.41) is 2.20. The van der Waals surface area contributed by atoms with Crippen molar-refractivity contribution in [3.63, 3.8) is 0 Å². The summed E-state index contributed by atoms with van der Waals surface area (Å²) in [4.78, 5) is 2.47. The summed E-state index contributed by atoms with van der Waals surface area (Å²) in [6.45, 7) is 0. The first-order chi connectivity index (χ1) is 28.3. The van der Waals surface area contributed by atoms with Gasteiger partial charge in [-0.25, -0.2) is 0 Å². The lowest BCUT2D eigenvalue weighted by atomic mass is 9.70. The van der Waals surface area contributed by atoms with E-state index in [9.17, 15) is 0 Å². The minimum absolute atomic E-state index is 0.440. The molecule has 0 saturated carbocycles. The third-order valence-electron chi connectivity index (χ3n) is 12.3. The van der Waals surface area contributed by atoms with Crippen LogP contribution in [-0.4, -0.2) is 0 Å². The van der Waals surface area contributed by atoms with E-state index in [2.05, 4.69) is 211 Å². The molecule has 1 spiro atoms. The molecular formula is C55H35NO. The fourth-order valence-corrected chi connectivity index (χ4v) is 9.95. The van der Waals surface area contributed by atoms with Crippen LogP contribution in [0.4, 0.5) is 17.1 Å². The molecule has 0 aliphatic heterocycles. The van der Waals surface area contributed by atoms with Crippen LogP contribution < -0.4 is 4.90 Å². The molecular weight excluding hydrogens is 691 g/mol. The molecule has 266 valence electrons. The Hall–Kier alpha value is -7.42. The number of fused-ring (bicyclic) bond motifs is 13. The molecule has 0 atom stereocenters. The largest absolute Gasteiger partial charge is 0.456 e. The molecule has 0 bridgehead atoms. The maximum Gasteiger partial charge on any atom is 0.137 e. The zero-order chi connectivity index (χ0) is 37.5. The van der Waals surface area contributed by atoms with E-state index < -0.39 is 5.41 Å². The molecule has 12 rings (SSSR count). The number of rotatable bonds is 5. The van der Waals surface area contributed by atoms with Crippen molar-refractivity contribution < 1.29 is 4.42 Å². The molecule has 0 fully saturated rings. The SMILES string of the molecule is c1ccc(-c2ccc(-c3ccc(N(c4cccc5c4-c4ccccc4C54c5ccccc5-c5ccccc54)c4cccc5oc6ccccc6c45)cc3)cc2)cc1. The quantitative estimate of drug-likeness (QED) is 0.176. The van der Waals surface area contributed by atoms with Gasteiger partial charge in [-0.1, -0.05) is 176 Å². The van der Waals surface area contributed by atoms with E-state index in [0.29, 0.717) is 0 Å². The van der Waals surface area contributed by atoms with E-state index in [0.717, 1.165) is 39.0 Å². The van der Waals surface area contributed by atoms with Gasteiger partial charge in [0.05, 0.1) is 22.2 Å². The van der Waals surface area contributed by atoms with Gasteiger partial charge in [0.2, 0.25) is 0 Å². The monoisotopic (exact) mass is 725 g/mol. The Morgan fingerprint density at radius 2 is 0.807 bits per heavy atom. The second kappa shape index (κ2) is 12.3. The topological polar surface area (TPSA) is 16.4 Å². The number of benzene rings is 9. The second-order valence-electron chi connectivity index (χ2n) is 15.2. The first-order valence-corrected chi connectivity index (χ1v) is 19.7. The Morgan fingerprint density at radius 3 is 1.49 bits per heavy atom. The Morgan fingerprint density at radius 1 is 0.333 bits per heavy atom. The van der Waals surface area contributed by atoms with Crippen molar-refractivity contribution in [2.45, 2.75) is 5.41 Å². The van der Waals surface area contributed by atoms with Crippen molar-refractivity contribution in [3.05, 3.63) is 235 Å². The van der Waals surface area contributed by atoms with Crippen LogP contribution in [0.5, 0.6) is 0 Å². The van der Waals surface area contributed by atoms with Gasteiger partial charge in [0, 0.05) is 16.6 Å². The van der Waals surface area contributed by atoms with Crippen LogP contribution in [0.2, 0.25) is 0 Å². The minimum atomic E-state index is -0.440. The predicted octanol–water partition coefficient (Wildman–Crippen LogP) is 14.7. The highest BCUT2D eigenvalue weighted by molar-refractivity contribution is 6.14. The molecule has 0 N–H and O–H groups in total. The Kier molecular flexibility index (Phi) is 6.88. The Bertz CT molecular complexity index is 3130. The van der Waals surface area contributed by atoms with Crippen molar-refractivity contribution in [1.29, 1.82) is 0 Å². The number of furan rings is 1. The highest BCUT2D eigenvalue weighted by Gasteiger charge is 2.52. The molecule has 0 radical (unpaired) electrons. The van der Waals surface area contributed by atoms with Crippen molar-refractivity contribution in [2.24, 2.45) is 0 Å². The lowest BCUT2D eigenvalue weighted by Crippen LogP contribution is -2.26. The van der Waals surface area contributed by atoms with E-state index in [4.69, 9.17) is 4.42 Å². The lowest BCUT2D eigenvalue weighted by Gasteiger charge is -2.32. The van der Waals surface area contributed by atoms with Gasteiger partial charge < -0.3 is 9.32 Å². The fourth-order valence-electron chi connectivity index (χ4n) is 9.95. The van der Waals surface area contributed by atoms with E-state index in [1.807, 2.05) is 6.07 Å². The Labute approximate surface area is 331 Å². The van der Waals surface area contributed by atoms with Gasteiger partial charge in [0.25, 0.3) is 0 Å². The van der Waals surface area contributed by atoms with E-state index in [-0.39, 0.29) is 0 Å². The average Bonchev–Trinajstić information content (AvgIpc) is 3.92. The number of nitrogens with zero attached hydrogens (tertiary/aromatic N) is 1. The van der Waals surface area contributed by atoms with Crippen molar-refractivity contribution in [3.8, 4) is 44.5 Å². The van der Waals surface area contributed by atoms with Gasteiger partial charge in [0.15, 0.2) is 0 Å². The number of hydrogen-bond donors (Lipinski definition) is 0. The number of anilines is 3. The van der Waals surface area contributed by atoms with Crippen LogP contribution in [0, 0.1) is 0 Å². The molecule has 9 aromatic carbocycles. The smallest absolute Gasteiger partial charge is 0.137 e. The van der Waals surface area contributed by atoms with Gasteiger partial charge in [-0.2, -0.15) is 0 Å². The fraction of sp³-hybridized carbons (Fsp3) is 0.0182. The van der Waals surface area contributed by atoms with Crippen LogP contribution in [0.1, 0.15) is 22.3 Å². The summed E-state index contributed by atoms with van der Waals surface area (Å²) >= 11 is 0. The maximum atomic E-state index is 6.51. The van der Waals surface area contributed by atoms with Gasteiger partial charge in [-0.05, 0) is 97.6 Å². The van der Waals surface area contributed by atoms with Gasteiger partial charge in [-0.3, -0.25) is 0 Å². The van der Waals surface area contributed by atoms with Crippen molar-refractivity contribution >= 4 is 39.0 Å². The first kappa shape index (κ1) is 31.9. The highest BCUT2D eigenvalue weighted by Crippen LogP contribution is 2.64. The molecule has 57 heavy (non-hydrogen) atoms. The first-order valence-electron chi connectivity index (χ1n) is 19.7. The van der Waals surface area contributed by atoms with Gasteiger partial charge >= 0.3 is 0 Å². The molecule has 0 amide bonds. The van der Waals surface area contributed by atoms with E-state index in [1.54, 1.807) is 0 Å². The average molecular weight is 726 g/mol. The van der Waals surface area contributed by atoms with Crippen molar-refractivity contribution in [2.75, 3.05) is 4.90 Å². The number of para-hydroxylation sites is 1. The summed E-state index contributed by atoms with van der Waals surface area (Å²) in [6.07, 6.45) is 0.